The number of rotatable bonds is 3. The van der Waals surface area contributed by atoms with Crippen molar-refractivity contribution in [3.05, 3.63) is 12.2 Å². The van der Waals surface area contributed by atoms with Gasteiger partial charge in [-0.1, -0.05) is 18.6 Å². The van der Waals surface area contributed by atoms with Gasteiger partial charge < -0.3 is 4.74 Å². The fourth-order valence-corrected chi connectivity index (χ4v) is 2.23. The third-order valence-electron chi connectivity index (χ3n) is 2.95. The Bertz CT molecular complexity index is 208. The van der Waals surface area contributed by atoms with Crippen molar-refractivity contribution in [3.8, 4) is 0 Å². The molecule has 0 aromatic rings. The molecule has 0 aliphatic heterocycles. The number of carbonyl (C=O) groups excluding carboxylic acids is 1. The minimum atomic E-state index is -0.0850. The average Bonchev–Trinajstić information content (AvgIpc) is 2.52. The lowest BCUT2D eigenvalue weighted by atomic mass is 9.88. The van der Waals surface area contributed by atoms with E-state index in [9.17, 15) is 4.79 Å². The molecular weight excluding hydrogens is 164 g/mol. The molecule has 0 unspecified atom stereocenters. The van der Waals surface area contributed by atoms with Gasteiger partial charge in [0.25, 0.3) is 0 Å². The Morgan fingerprint density at radius 2 is 2.23 bits per heavy atom. The topological polar surface area (TPSA) is 26.3 Å². The van der Waals surface area contributed by atoms with E-state index in [-0.39, 0.29) is 5.97 Å². The van der Waals surface area contributed by atoms with Crippen molar-refractivity contribution in [1.82, 2.24) is 0 Å². The highest BCUT2D eigenvalue weighted by atomic mass is 16.5. The van der Waals surface area contributed by atoms with Crippen molar-refractivity contribution in [3.63, 3.8) is 0 Å². The van der Waals surface area contributed by atoms with Gasteiger partial charge in [0.05, 0.1) is 7.11 Å². The lowest BCUT2D eigenvalue weighted by molar-refractivity contribution is -0.141. The predicted octanol–water partition coefficient (Wildman–Crippen LogP) is 2.54. The molecule has 1 fully saturated rings. The maximum absolute atomic E-state index is 11.1. The van der Waals surface area contributed by atoms with Crippen LogP contribution in [0.3, 0.4) is 0 Å². The van der Waals surface area contributed by atoms with Crippen LogP contribution in [0.1, 0.15) is 32.6 Å². The van der Waals surface area contributed by atoms with Crippen molar-refractivity contribution in [2.45, 2.75) is 32.6 Å². The largest absolute Gasteiger partial charge is 0.469 e. The highest BCUT2D eigenvalue weighted by Crippen LogP contribution is 2.38. The van der Waals surface area contributed by atoms with Crippen LogP contribution >= 0.6 is 0 Å². The quantitative estimate of drug-likeness (QED) is 0.495. The Hall–Kier alpha value is -0.790. The second-order valence-corrected chi connectivity index (χ2v) is 3.92. The van der Waals surface area contributed by atoms with Gasteiger partial charge in [0.1, 0.15) is 0 Å². The summed E-state index contributed by atoms with van der Waals surface area (Å²) in [5, 5.41) is 0. The van der Waals surface area contributed by atoms with Crippen LogP contribution in [-0.2, 0) is 9.53 Å². The molecule has 0 amide bonds. The first-order valence-electron chi connectivity index (χ1n) is 4.87. The van der Waals surface area contributed by atoms with Crippen LogP contribution in [0, 0.1) is 11.8 Å². The van der Waals surface area contributed by atoms with Gasteiger partial charge in [0, 0.05) is 6.42 Å². The van der Waals surface area contributed by atoms with E-state index in [0.717, 1.165) is 6.42 Å². The second-order valence-electron chi connectivity index (χ2n) is 3.92. The third-order valence-corrected chi connectivity index (χ3v) is 2.95. The molecule has 13 heavy (non-hydrogen) atoms. The molecular formula is C11H18O2. The molecule has 0 spiro atoms. The predicted molar refractivity (Wildman–Crippen MR) is 52.3 cm³/mol. The Balaban J connectivity index is 2.48. The molecule has 1 aliphatic carbocycles. The lowest BCUT2D eigenvalue weighted by Crippen LogP contribution is -2.14. The summed E-state index contributed by atoms with van der Waals surface area (Å²) in [5.74, 6) is 0.933. The van der Waals surface area contributed by atoms with E-state index >= 15 is 0 Å². The molecule has 0 heterocycles. The molecule has 0 aromatic carbocycles. The van der Waals surface area contributed by atoms with Crippen LogP contribution in [-0.4, -0.2) is 13.1 Å². The summed E-state index contributed by atoms with van der Waals surface area (Å²) in [6, 6.07) is 0. The summed E-state index contributed by atoms with van der Waals surface area (Å²) in [4.78, 5) is 11.1. The first kappa shape index (κ1) is 10.3. The van der Waals surface area contributed by atoms with E-state index in [4.69, 9.17) is 0 Å². The van der Waals surface area contributed by atoms with E-state index in [1.54, 1.807) is 0 Å². The molecule has 1 aliphatic rings. The first-order valence-corrected chi connectivity index (χ1v) is 4.87. The normalized spacial score (nSPS) is 27.2. The summed E-state index contributed by atoms with van der Waals surface area (Å²) in [6.45, 7) is 6.02. The maximum atomic E-state index is 11.1. The number of methoxy groups -OCH3 is 1. The molecule has 2 heteroatoms. The van der Waals surface area contributed by atoms with Crippen LogP contribution < -0.4 is 0 Å². The van der Waals surface area contributed by atoms with Gasteiger partial charge in [-0.3, -0.25) is 4.79 Å². The van der Waals surface area contributed by atoms with E-state index in [1.807, 2.05) is 0 Å². The Morgan fingerprint density at radius 1 is 1.54 bits per heavy atom. The van der Waals surface area contributed by atoms with Crippen LogP contribution in [0.15, 0.2) is 12.2 Å². The number of hydrogen-bond donors (Lipinski definition) is 0. The average molecular weight is 182 g/mol. The van der Waals surface area contributed by atoms with Gasteiger partial charge in [0.2, 0.25) is 0 Å². The number of carbonyl (C=O) groups is 1. The van der Waals surface area contributed by atoms with Gasteiger partial charge in [-0.2, -0.15) is 0 Å². The zero-order valence-electron chi connectivity index (χ0n) is 8.51. The fraction of sp³-hybridized carbons (Fsp3) is 0.727. The van der Waals surface area contributed by atoms with Gasteiger partial charge in [-0.15, -0.1) is 0 Å². The molecule has 0 bridgehead atoms. The molecule has 74 valence electrons. The van der Waals surface area contributed by atoms with Crippen molar-refractivity contribution >= 4 is 5.97 Å². The highest BCUT2D eigenvalue weighted by Gasteiger charge is 2.29. The zero-order valence-corrected chi connectivity index (χ0v) is 8.51. The minimum Gasteiger partial charge on any atom is -0.469 e. The fourth-order valence-electron chi connectivity index (χ4n) is 2.23. The molecule has 1 saturated carbocycles. The molecule has 1 rings (SSSR count). The maximum Gasteiger partial charge on any atom is 0.305 e. The number of allylic oxidation sites excluding steroid dienone is 1. The van der Waals surface area contributed by atoms with Crippen LogP contribution in [0.5, 0.6) is 0 Å². The summed E-state index contributed by atoms with van der Waals surface area (Å²) >= 11 is 0. The van der Waals surface area contributed by atoms with Gasteiger partial charge in [0.15, 0.2) is 0 Å². The van der Waals surface area contributed by atoms with Crippen molar-refractivity contribution in [1.29, 1.82) is 0 Å². The van der Waals surface area contributed by atoms with Gasteiger partial charge in [-0.05, 0) is 31.6 Å². The van der Waals surface area contributed by atoms with Crippen LogP contribution in [0.4, 0.5) is 0 Å². The minimum absolute atomic E-state index is 0.0850. The zero-order chi connectivity index (χ0) is 9.84. The second kappa shape index (κ2) is 4.45. The summed E-state index contributed by atoms with van der Waals surface area (Å²) in [6.07, 6.45) is 4.12. The Labute approximate surface area is 80.0 Å². The standard InChI is InChI=1S/C11H18O2/c1-8(2)10-6-4-5-9(10)7-11(12)13-3/h9-10H,1,4-7H2,2-3H3/t9-,10-/m0/s1. The number of ether oxygens (including phenoxy) is 1. The van der Waals surface area contributed by atoms with E-state index in [0.29, 0.717) is 18.3 Å². The van der Waals surface area contributed by atoms with E-state index < -0.39 is 0 Å². The van der Waals surface area contributed by atoms with E-state index in [1.165, 1.54) is 25.5 Å². The third kappa shape index (κ3) is 2.58. The monoisotopic (exact) mass is 182 g/mol. The Kier molecular flexibility index (Phi) is 3.52. The van der Waals surface area contributed by atoms with Crippen molar-refractivity contribution in [2.75, 3.05) is 7.11 Å². The van der Waals surface area contributed by atoms with Crippen LogP contribution in [0.25, 0.3) is 0 Å². The van der Waals surface area contributed by atoms with E-state index in [2.05, 4.69) is 18.2 Å². The molecule has 0 aromatic heterocycles. The molecule has 2 atom stereocenters. The lowest BCUT2D eigenvalue weighted by Gasteiger charge is -2.18. The first-order chi connectivity index (χ1) is 6.15. The van der Waals surface area contributed by atoms with Crippen molar-refractivity contribution < 1.29 is 9.53 Å². The van der Waals surface area contributed by atoms with Crippen molar-refractivity contribution in [2.24, 2.45) is 11.8 Å². The summed E-state index contributed by atoms with van der Waals surface area (Å²) in [7, 11) is 1.45. The Morgan fingerprint density at radius 3 is 2.77 bits per heavy atom. The SMILES string of the molecule is C=C(C)[C@@H]1CCC[C@H]1CC(=O)OC. The molecule has 0 saturated heterocycles. The van der Waals surface area contributed by atoms with Gasteiger partial charge in [-0.25, -0.2) is 0 Å². The molecule has 0 N–H and O–H groups in total. The molecule has 0 radical (unpaired) electrons. The number of esters is 1. The summed E-state index contributed by atoms with van der Waals surface area (Å²) < 4.78 is 4.67. The summed E-state index contributed by atoms with van der Waals surface area (Å²) in [5.41, 5.74) is 1.21. The van der Waals surface area contributed by atoms with Crippen LogP contribution in [0.2, 0.25) is 0 Å². The van der Waals surface area contributed by atoms with Gasteiger partial charge >= 0.3 is 5.97 Å². The smallest absolute Gasteiger partial charge is 0.305 e. The highest BCUT2D eigenvalue weighted by molar-refractivity contribution is 5.69. The number of hydrogen-bond acceptors (Lipinski definition) is 2. The molecule has 2 nitrogen and oxygen atoms in total.